The van der Waals surface area contributed by atoms with E-state index in [0.29, 0.717) is 43.3 Å². The third-order valence-electron chi connectivity index (χ3n) is 5.98. The van der Waals surface area contributed by atoms with Gasteiger partial charge in [-0.3, -0.25) is 9.59 Å². The van der Waals surface area contributed by atoms with E-state index in [9.17, 15) is 14.0 Å². The molecule has 0 atom stereocenters. The van der Waals surface area contributed by atoms with Crippen LogP contribution < -0.4 is 9.80 Å². The number of piperazine rings is 1. The number of anilines is 2. The first-order valence-electron chi connectivity index (χ1n) is 10.9. The van der Waals surface area contributed by atoms with Gasteiger partial charge in [-0.05, 0) is 48.5 Å². The minimum Gasteiger partial charge on any atom is -0.368 e. The highest BCUT2D eigenvalue weighted by molar-refractivity contribution is 7.99. The minimum absolute atomic E-state index is 0.0300. The summed E-state index contributed by atoms with van der Waals surface area (Å²) < 4.78 is 13.2. The first-order chi connectivity index (χ1) is 16.1. The van der Waals surface area contributed by atoms with E-state index in [4.69, 9.17) is 0 Å². The van der Waals surface area contributed by atoms with Gasteiger partial charge in [0.2, 0.25) is 5.91 Å². The monoisotopic (exact) mass is 462 g/mol. The van der Waals surface area contributed by atoms with Crippen molar-refractivity contribution in [2.75, 3.05) is 42.5 Å². The second-order valence-electron chi connectivity index (χ2n) is 7.98. The molecule has 0 aliphatic carbocycles. The largest absolute Gasteiger partial charge is 0.368 e. The number of carbonyl (C=O) groups excluding carboxylic acids is 2. The number of para-hydroxylation sites is 1. The number of hydrogen-bond donors (Lipinski definition) is 0. The third kappa shape index (κ3) is 4.43. The SMILES string of the molecule is O=C(CCN1C(=O)c2cccnc2Sc2ccccc21)N1CCN(c2ccc(F)cc2)CC1. The predicted molar refractivity (Wildman–Crippen MR) is 126 cm³/mol. The Bertz CT molecular complexity index is 1180. The molecular weight excluding hydrogens is 439 g/mol. The Morgan fingerprint density at radius 1 is 0.970 bits per heavy atom. The maximum atomic E-state index is 13.3. The molecule has 0 bridgehead atoms. The Morgan fingerprint density at radius 3 is 2.52 bits per heavy atom. The molecule has 1 aromatic heterocycles. The second-order valence-corrected chi connectivity index (χ2v) is 9.01. The standard InChI is InChI=1S/C25H23FN4O2S/c26-18-7-9-19(10-8-18)28-14-16-29(17-15-28)23(31)11-13-30-21-5-1-2-6-22(21)33-24-20(25(30)32)4-3-12-27-24/h1-10,12H,11,13-17H2. The van der Waals surface area contributed by atoms with Gasteiger partial charge < -0.3 is 14.7 Å². The summed E-state index contributed by atoms with van der Waals surface area (Å²) in [4.78, 5) is 37.3. The Kier molecular flexibility index (Phi) is 6.00. The van der Waals surface area contributed by atoms with Crippen LogP contribution in [-0.4, -0.2) is 54.4 Å². The van der Waals surface area contributed by atoms with Crippen molar-refractivity contribution in [1.82, 2.24) is 9.88 Å². The summed E-state index contributed by atoms with van der Waals surface area (Å²) in [6.07, 6.45) is 1.93. The lowest BCUT2D eigenvalue weighted by Gasteiger charge is -2.36. The lowest BCUT2D eigenvalue weighted by molar-refractivity contribution is -0.131. The van der Waals surface area contributed by atoms with Crippen LogP contribution in [0.1, 0.15) is 16.8 Å². The Labute approximate surface area is 196 Å². The average molecular weight is 463 g/mol. The summed E-state index contributed by atoms with van der Waals surface area (Å²) in [5.41, 5.74) is 2.32. The van der Waals surface area contributed by atoms with Crippen LogP contribution in [0.3, 0.4) is 0 Å². The number of rotatable bonds is 4. The molecule has 0 unspecified atom stereocenters. The molecule has 2 aromatic carbocycles. The Hall–Kier alpha value is -3.39. The topological polar surface area (TPSA) is 56.8 Å². The molecule has 0 radical (unpaired) electrons. The van der Waals surface area contributed by atoms with Gasteiger partial charge in [0.25, 0.3) is 5.91 Å². The van der Waals surface area contributed by atoms with Crippen molar-refractivity contribution in [3.8, 4) is 0 Å². The number of nitrogens with zero attached hydrogens (tertiary/aromatic N) is 4. The molecular formula is C25H23FN4O2S. The minimum atomic E-state index is -0.256. The third-order valence-corrected chi connectivity index (χ3v) is 7.07. The first kappa shape index (κ1) is 21.5. The number of halogens is 1. The van der Waals surface area contributed by atoms with E-state index in [2.05, 4.69) is 9.88 Å². The van der Waals surface area contributed by atoms with E-state index in [1.165, 1.54) is 23.9 Å². The normalized spacial score (nSPS) is 15.7. The van der Waals surface area contributed by atoms with Crippen LogP contribution in [0.2, 0.25) is 0 Å². The number of pyridine rings is 1. The van der Waals surface area contributed by atoms with E-state index >= 15 is 0 Å². The summed E-state index contributed by atoms with van der Waals surface area (Å²) in [5, 5.41) is 0.681. The summed E-state index contributed by atoms with van der Waals surface area (Å²) in [6.45, 7) is 2.89. The number of carbonyl (C=O) groups is 2. The lowest BCUT2D eigenvalue weighted by atomic mass is 10.2. The molecule has 33 heavy (non-hydrogen) atoms. The molecule has 5 rings (SSSR count). The van der Waals surface area contributed by atoms with Gasteiger partial charge in [0.15, 0.2) is 0 Å². The predicted octanol–water partition coefficient (Wildman–Crippen LogP) is 4.07. The number of benzene rings is 2. The zero-order valence-electron chi connectivity index (χ0n) is 18.0. The van der Waals surface area contributed by atoms with Crippen molar-refractivity contribution < 1.29 is 14.0 Å². The van der Waals surface area contributed by atoms with Crippen molar-refractivity contribution in [2.24, 2.45) is 0 Å². The fourth-order valence-electron chi connectivity index (χ4n) is 4.21. The van der Waals surface area contributed by atoms with Crippen LogP contribution >= 0.6 is 11.8 Å². The van der Waals surface area contributed by atoms with Crippen molar-refractivity contribution in [3.05, 3.63) is 78.2 Å². The van der Waals surface area contributed by atoms with Gasteiger partial charge in [-0.2, -0.15) is 0 Å². The molecule has 3 aromatic rings. The first-order valence-corrected chi connectivity index (χ1v) is 11.7. The molecule has 168 valence electrons. The second kappa shape index (κ2) is 9.23. The molecule has 2 amide bonds. The quantitative estimate of drug-likeness (QED) is 0.585. The molecule has 0 N–H and O–H groups in total. The van der Waals surface area contributed by atoms with Crippen LogP contribution in [0.25, 0.3) is 0 Å². The van der Waals surface area contributed by atoms with Crippen molar-refractivity contribution >= 4 is 35.0 Å². The van der Waals surface area contributed by atoms with E-state index < -0.39 is 0 Å². The molecule has 3 heterocycles. The van der Waals surface area contributed by atoms with Gasteiger partial charge in [0.1, 0.15) is 10.8 Å². The fourth-order valence-corrected chi connectivity index (χ4v) is 5.23. The van der Waals surface area contributed by atoms with E-state index in [0.717, 1.165) is 16.3 Å². The Morgan fingerprint density at radius 2 is 1.73 bits per heavy atom. The number of aromatic nitrogens is 1. The zero-order chi connectivity index (χ0) is 22.8. The van der Waals surface area contributed by atoms with Crippen LogP contribution in [0, 0.1) is 5.82 Å². The van der Waals surface area contributed by atoms with Gasteiger partial charge in [0.05, 0.1) is 11.3 Å². The van der Waals surface area contributed by atoms with Crippen molar-refractivity contribution in [1.29, 1.82) is 0 Å². The Balaban J connectivity index is 1.26. The molecule has 8 heteroatoms. The molecule has 1 saturated heterocycles. The van der Waals surface area contributed by atoms with Gasteiger partial charge in [0, 0.05) is 55.9 Å². The van der Waals surface area contributed by atoms with Gasteiger partial charge in [-0.1, -0.05) is 23.9 Å². The molecule has 1 fully saturated rings. The molecule has 0 saturated carbocycles. The van der Waals surface area contributed by atoms with Crippen LogP contribution in [-0.2, 0) is 4.79 Å². The average Bonchev–Trinajstić information content (AvgIpc) is 2.97. The van der Waals surface area contributed by atoms with Gasteiger partial charge >= 0.3 is 0 Å². The molecule has 2 aliphatic rings. The highest BCUT2D eigenvalue weighted by Gasteiger charge is 2.29. The lowest BCUT2D eigenvalue weighted by Crippen LogP contribution is -2.49. The number of fused-ring (bicyclic) bond motifs is 2. The maximum Gasteiger partial charge on any atom is 0.261 e. The van der Waals surface area contributed by atoms with E-state index in [-0.39, 0.29) is 24.1 Å². The molecule has 0 spiro atoms. The highest BCUT2D eigenvalue weighted by atomic mass is 32.2. The smallest absolute Gasteiger partial charge is 0.261 e. The number of amides is 2. The van der Waals surface area contributed by atoms with Gasteiger partial charge in [-0.15, -0.1) is 0 Å². The van der Waals surface area contributed by atoms with Crippen LogP contribution in [0.4, 0.5) is 15.8 Å². The van der Waals surface area contributed by atoms with E-state index in [1.54, 1.807) is 35.4 Å². The zero-order valence-corrected chi connectivity index (χ0v) is 18.8. The summed E-state index contributed by atoms with van der Waals surface area (Å²) in [7, 11) is 0. The van der Waals surface area contributed by atoms with Crippen LogP contribution in [0.15, 0.2) is 76.8 Å². The van der Waals surface area contributed by atoms with Gasteiger partial charge in [-0.25, -0.2) is 9.37 Å². The van der Waals surface area contributed by atoms with Crippen molar-refractivity contribution in [2.45, 2.75) is 16.3 Å². The molecule has 2 aliphatic heterocycles. The van der Waals surface area contributed by atoms with Crippen LogP contribution in [0.5, 0.6) is 0 Å². The summed E-state index contributed by atoms with van der Waals surface area (Å²) in [5.74, 6) is -0.360. The van der Waals surface area contributed by atoms with E-state index in [1.807, 2.05) is 29.2 Å². The summed E-state index contributed by atoms with van der Waals surface area (Å²) in [6, 6.07) is 17.7. The molecule has 6 nitrogen and oxygen atoms in total. The highest BCUT2D eigenvalue weighted by Crippen LogP contribution is 2.40. The fraction of sp³-hybridized carbons (Fsp3) is 0.240. The maximum absolute atomic E-state index is 13.3. The van der Waals surface area contributed by atoms with Crippen molar-refractivity contribution in [3.63, 3.8) is 0 Å². The summed E-state index contributed by atoms with van der Waals surface area (Å²) >= 11 is 1.47. The number of hydrogen-bond acceptors (Lipinski definition) is 5.